The van der Waals surface area contributed by atoms with Crippen molar-refractivity contribution in [1.29, 1.82) is 0 Å². The third kappa shape index (κ3) is 4.09. The number of nitrogens with zero attached hydrogens (tertiary/aromatic N) is 1. The summed E-state index contributed by atoms with van der Waals surface area (Å²) in [5.74, 6) is 0.141. The summed E-state index contributed by atoms with van der Waals surface area (Å²) in [6.45, 7) is 4.19. The fourth-order valence-electron chi connectivity index (χ4n) is 4.68. The van der Waals surface area contributed by atoms with Gasteiger partial charge < -0.3 is 29.0 Å². The summed E-state index contributed by atoms with van der Waals surface area (Å²) in [6.07, 6.45) is 1.60. The van der Waals surface area contributed by atoms with E-state index in [9.17, 15) is 14.7 Å². The van der Waals surface area contributed by atoms with Crippen molar-refractivity contribution in [3.63, 3.8) is 0 Å². The third-order valence-corrected chi connectivity index (χ3v) is 6.29. The number of ketones is 1. The molecule has 1 amide bonds. The van der Waals surface area contributed by atoms with Gasteiger partial charge in [-0.2, -0.15) is 0 Å². The van der Waals surface area contributed by atoms with E-state index in [1.165, 1.54) is 4.90 Å². The first-order valence-electron chi connectivity index (χ1n) is 11.6. The van der Waals surface area contributed by atoms with Crippen LogP contribution in [0.3, 0.4) is 0 Å². The molecular weight excluding hydrogens is 438 g/mol. The maximum atomic E-state index is 13.2. The molecule has 2 saturated heterocycles. The molecule has 8 heteroatoms. The zero-order valence-corrected chi connectivity index (χ0v) is 19.0. The van der Waals surface area contributed by atoms with E-state index in [0.29, 0.717) is 54.8 Å². The van der Waals surface area contributed by atoms with Gasteiger partial charge >= 0.3 is 0 Å². The van der Waals surface area contributed by atoms with Crippen LogP contribution in [-0.2, 0) is 14.3 Å². The molecule has 0 bridgehead atoms. The highest BCUT2D eigenvalue weighted by Crippen LogP contribution is 2.42. The minimum absolute atomic E-state index is 0.0452. The van der Waals surface area contributed by atoms with Crippen LogP contribution in [0, 0.1) is 0 Å². The van der Waals surface area contributed by atoms with Gasteiger partial charge in [-0.25, -0.2) is 0 Å². The SMILES string of the molecule is CCOc1ccc([C@@H]2C(=C(O)c3ccc4c(c3)OCCO4)C(=O)C(=O)N2C[C@@H]2CCCO2)cc1. The predicted molar refractivity (Wildman–Crippen MR) is 123 cm³/mol. The second kappa shape index (κ2) is 9.38. The number of rotatable bonds is 6. The molecule has 34 heavy (non-hydrogen) atoms. The zero-order valence-electron chi connectivity index (χ0n) is 19.0. The van der Waals surface area contributed by atoms with Gasteiger partial charge in [0.05, 0.1) is 24.3 Å². The van der Waals surface area contributed by atoms with Crippen LogP contribution in [0.1, 0.15) is 36.9 Å². The molecule has 0 aromatic heterocycles. The Balaban J connectivity index is 1.58. The van der Waals surface area contributed by atoms with Crippen molar-refractivity contribution in [3.05, 3.63) is 59.2 Å². The molecule has 0 unspecified atom stereocenters. The molecule has 3 heterocycles. The average molecular weight is 466 g/mol. The summed E-state index contributed by atoms with van der Waals surface area (Å²) >= 11 is 0. The van der Waals surface area contributed by atoms with Crippen LogP contribution in [0.4, 0.5) is 0 Å². The highest BCUT2D eigenvalue weighted by molar-refractivity contribution is 6.46. The molecule has 3 aliphatic rings. The molecule has 2 aromatic carbocycles. The molecule has 178 valence electrons. The highest BCUT2D eigenvalue weighted by Gasteiger charge is 2.47. The summed E-state index contributed by atoms with van der Waals surface area (Å²) in [6, 6.07) is 11.5. The molecule has 2 fully saturated rings. The van der Waals surface area contributed by atoms with Gasteiger partial charge in [-0.3, -0.25) is 9.59 Å². The standard InChI is InChI=1S/C26H27NO7/c1-2-31-18-8-5-16(6-9-18)23-22(25(29)26(30)27(23)15-19-4-3-11-32-19)24(28)17-7-10-20-21(14-17)34-13-12-33-20/h5-10,14,19,23,28H,2-4,11-13,15H2,1H3/t19-,23+/m0/s1. The van der Waals surface area contributed by atoms with Crippen LogP contribution in [0.15, 0.2) is 48.0 Å². The first-order valence-corrected chi connectivity index (χ1v) is 11.6. The summed E-state index contributed by atoms with van der Waals surface area (Å²) in [7, 11) is 0. The van der Waals surface area contributed by atoms with Gasteiger partial charge in [0, 0.05) is 18.7 Å². The number of likely N-dealkylation sites (tertiary alicyclic amines) is 1. The summed E-state index contributed by atoms with van der Waals surface area (Å²) in [4.78, 5) is 27.9. The van der Waals surface area contributed by atoms with Crippen LogP contribution in [0.5, 0.6) is 17.2 Å². The number of aliphatic hydroxyl groups is 1. The number of fused-ring (bicyclic) bond motifs is 1. The molecule has 2 aromatic rings. The summed E-state index contributed by atoms with van der Waals surface area (Å²) < 4.78 is 22.5. The molecule has 0 radical (unpaired) electrons. The number of hydrogen-bond acceptors (Lipinski definition) is 7. The van der Waals surface area contributed by atoms with E-state index in [0.717, 1.165) is 12.8 Å². The van der Waals surface area contributed by atoms with Gasteiger partial charge in [0.1, 0.15) is 24.7 Å². The largest absolute Gasteiger partial charge is 0.507 e. The second-order valence-electron chi connectivity index (χ2n) is 8.45. The van der Waals surface area contributed by atoms with Crippen molar-refractivity contribution in [1.82, 2.24) is 4.90 Å². The van der Waals surface area contributed by atoms with Crippen LogP contribution >= 0.6 is 0 Å². The Kier molecular flexibility index (Phi) is 6.15. The molecule has 8 nitrogen and oxygen atoms in total. The number of carbonyl (C=O) groups is 2. The van der Waals surface area contributed by atoms with Crippen LogP contribution in [0.2, 0.25) is 0 Å². The van der Waals surface area contributed by atoms with Gasteiger partial charge in [-0.1, -0.05) is 12.1 Å². The Hall–Kier alpha value is -3.52. The van der Waals surface area contributed by atoms with E-state index in [-0.39, 0.29) is 24.0 Å². The molecule has 2 atom stereocenters. The van der Waals surface area contributed by atoms with Crippen molar-refractivity contribution >= 4 is 17.4 Å². The van der Waals surface area contributed by atoms with Crippen molar-refractivity contribution in [2.75, 3.05) is 33.0 Å². The number of carbonyl (C=O) groups excluding carboxylic acids is 2. The Morgan fingerprint density at radius 3 is 2.53 bits per heavy atom. The first kappa shape index (κ1) is 22.3. The lowest BCUT2D eigenvalue weighted by Gasteiger charge is -2.27. The number of benzene rings is 2. The number of aliphatic hydroxyl groups excluding tert-OH is 1. The van der Waals surface area contributed by atoms with Crippen molar-refractivity contribution in [2.24, 2.45) is 0 Å². The van der Waals surface area contributed by atoms with Crippen LogP contribution in [-0.4, -0.2) is 60.8 Å². The minimum atomic E-state index is -0.743. The van der Waals surface area contributed by atoms with Gasteiger partial charge in [0.15, 0.2) is 11.5 Å². The normalized spacial score (nSPS) is 23.4. The maximum absolute atomic E-state index is 13.2. The number of hydrogen-bond donors (Lipinski definition) is 1. The second-order valence-corrected chi connectivity index (χ2v) is 8.45. The van der Waals surface area contributed by atoms with Crippen molar-refractivity contribution in [2.45, 2.75) is 31.9 Å². The summed E-state index contributed by atoms with van der Waals surface area (Å²) in [5, 5.41) is 11.3. The van der Waals surface area contributed by atoms with E-state index < -0.39 is 17.7 Å². The van der Waals surface area contributed by atoms with E-state index >= 15 is 0 Å². The fourth-order valence-corrected chi connectivity index (χ4v) is 4.68. The Morgan fingerprint density at radius 2 is 1.82 bits per heavy atom. The van der Waals surface area contributed by atoms with Crippen LogP contribution < -0.4 is 14.2 Å². The molecule has 3 aliphatic heterocycles. The zero-order chi connectivity index (χ0) is 23.7. The topological polar surface area (TPSA) is 94.5 Å². The fraction of sp³-hybridized carbons (Fsp3) is 0.385. The molecule has 0 aliphatic carbocycles. The van der Waals surface area contributed by atoms with Crippen molar-refractivity contribution < 1.29 is 33.6 Å². The van der Waals surface area contributed by atoms with Gasteiger partial charge in [0.2, 0.25) is 0 Å². The van der Waals surface area contributed by atoms with Crippen LogP contribution in [0.25, 0.3) is 5.76 Å². The third-order valence-electron chi connectivity index (χ3n) is 6.29. The van der Waals surface area contributed by atoms with Gasteiger partial charge in [-0.15, -0.1) is 0 Å². The van der Waals surface area contributed by atoms with Gasteiger partial charge in [0.25, 0.3) is 11.7 Å². The first-order chi connectivity index (χ1) is 16.6. The van der Waals surface area contributed by atoms with Gasteiger partial charge in [-0.05, 0) is 55.7 Å². The number of Topliss-reactive ketones (excluding diaryl/α,β-unsaturated/α-hetero) is 1. The number of amides is 1. The van der Waals surface area contributed by atoms with E-state index in [1.807, 2.05) is 19.1 Å². The maximum Gasteiger partial charge on any atom is 0.295 e. The molecular formula is C26H27NO7. The summed E-state index contributed by atoms with van der Waals surface area (Å²) in [5.41, 5.74) is 1.14. The van der Waals surface area contributed by atoms with E-state index in [2.05, 4.69) is 0 Å². The predicted octanol–water partition coefficient (Wildman–Crippen LogP) is 3.46. The molecule has 0 spiro atoms. The lowest BCUT2D eigenvalue weighted by atomic mass is 9.95. The lowest BCUT2D eigenvalue weighted by Crippen LogP contribution is -2.36. The number of ether oxygens (including phenoxy) is 4. The quantitative estimate of drug-likeness (QED) is 0.397. The molecule has 0 saturated carbocycles. The minimum Gasteiger partial charge on any atom is -0.507 e. The molecule has 5 rings (SSSR count). The highest BCUT2D eigenvalue weighted by atomic mass is 16.6. The average Bonchev–Trinajstić information content (AvgIpc) is 3.46. The lowest BCUT2D eigenvalue weighted by molar-refractivity contribution is -0.140. The Bertz CT molecular complexity index is 1120. The van der Waals surface area contributed by atoms with E-state index in [4.69, 9.17) is 18.9 Å². The van der Waals surface area contributed by atoms with E-state index in [1.54, 1.807) is 30.3 Å². The Morgan fingerprint density at radius 1 is 1.06 bits per heavy atom. The van der Waals surface area contributed by atoms with Crippen molar-refractivity contribution in [3.8, 4) is 17.2 Å². The molecule has 1 N–H and O–H groups in total. The monoisotopic (exact) mass is 465 g/mol. The Labute approximate surface area is 197 Å². The smallest absolute Gasteiger partial charge is 0.295 e.